The van der Waals surface area contributed by atoms with Crippen LogP contribution in [0.3, 0.4) is 0 Å². The molecule has 0 saturated heterocycles. The first-order chi connectivity index (χ1) is 9.30. The molecule has 0 aromatic rings. The van der Waals surface area contributed by atoms with Gasteiger partial charge in [-0.05, 0) is 77.5 Å². The van der Waals surface area contributed by atoms with E-state index in [1.807, 2.05) is 0 Å². The summed E-state index contributed by atoms with van der Waals surface area (Å²) in [6.07, 6.45) is 11.9. The van der Waals surface area contributed by atoms with Crippen molar-refractivity contribution in [3.05, 3.63) is 57.8 Å². The Morgan fingerprint density at radius 2 is 1.80 bits per heavy atom. The number of hydrogen-bond donors (Lipinski definition) is 0. The highest BCUT2D eigenvalue weighted by atomic mass is 127. The second-order valence-corrected chi connectivity index (χ2v) is 6.97. The van der Waals surface area contributed by atoms with Gasteiger partial charge in [0.25, 0.3) is 0 Å². The molecule has 0 heterocycles. The second kappa shape index (κ2) is 9.38. The molecule has 0 aromatic carbocycles. The Bertz CT molecular complexity index is 431. The van der Waals surface area contributed by atoms with Crippen molar-refractivity contribution in [1.82, 2.24) is 0 Å². The molecule has 0 saturated carbocycles. The summed E-state index contributed by atoms with van der Waals surface area (Å²) >= 11 is 2.37. The normalized spacial score (nSPS) is 13.9. The van der Waals surface area contributed by atoms with Crippen molar-refractivity contribution in [1.29, 1.82) is 0 Å². The van der Waals surface area contributed by atoms with Gasteiger partial charge in [-0.25, -0.2) is 0 Å². The summed E-state index contributed by atoms with van der Waals surface area (Å²) in [5.74, 6) is 0. The zero-order valence-electron chi connectivity index (χ0n) is 13.7. The Labute approximate surface area is 139 Å². The number of allylic oxidation sites excluding steroid dienone is 8. The van der Waals surface area contributed by atoms with E-state index in [4.69, 9.17) is 0 Å². The zero-order chi connectivity index (χ0) is 15.8. The molecule has 0 unspecified atom stereocenters. The van der Waals surface area contributed by atoms with E-state index in [-0.39, 0.29) is 5.41 Å². The summed E-state index contributed by atoms with van der Waals surface area (Å²) in [4.78, 5) is 0. The third-order valence-corrected chi connectivity index (χ3v) is 4.39. The molecule has 0 amide bonds. The van der Waals surface area contributed by atoms with Crippen LogP contribution in [-0.4, -0.2) is 0 Å². The minimum atomic E-state index is 0.0692. The maximum atomic E-state index is 4.31. The van der Waals surface area contributed by atoms with Crippen molar-refractivity contribution in [3.8, 4) is 0 Å². The molecule has 0 aliphatic heterocycles. The quantitative estimate of drug-likeness (QED) is 0.237. The lowest BCUT2D eigenvalue weighted by atomic mass is 9.75. The van der Waals surface area contributed by atoms with E-state index in [0.29, 0.717) is 0 Å². The molecule has 0 aliphatic carbocycles. The second-order valence-electron chi connectivity index (χ2n) is 5.72. The topological polar surface area (TPSA) is 0 Å². The molecule has 0 bridgehead atoms. The predicted molar refractivity (Wildman–Crippen MR) is 102 cm³/mol. The van der Waals surface area contributed by atoms with Gasteiger partial charge in [0.05, 0.1) is 0 Å². The molecule has 0 radical (unpaired) electrons. The number of halogens is 1. The molecular weight excluding hydrogens is 355 g/mol. The molecule has 0 atom stereocenters. The van der Waals surface area contributed by atoms with Crippen LogP contribution >= 0.6 is 22.6 Å². The highest BCUT2D eigenvalue weighted by Crippen LogP contribution is 2.39. The first-order valence-electron chi connectivity index (χ1n) is 7.32. The molecule has 0 N–H and O–H groups in total. The first-order valence-corrected chi connectivity index (χ1v) is 8.40. The van der Waals surface area contributed by atoms with Crippen molar-refractivity contribution >= 4 is 22.6 Å². The van der Waals surface area contributed by atoms with Crippen molar-refractivity contribution < 1.29 is 0 Å². The maximum Gasteiger partial charge on any atom is 0.00903 e. The molecule has 0 nitrogen and oxygen atoms in total. The van der Waals surface area contributed by atoms with Gasteiger partial charge in [-0.15, -0.1) is 0 Å². The molecule has 0 aliphatic rings. The van der Waals surface area contributed by atoms with E-state index in [1.54, 1.807) is 0 Å². The monoisotopic (exact) mass is 384 g/mol. The van der Waals surface area contributed by atoms with E-state index in [1.165, 1.54) is 9.15 Å². The van der Waals surface area contributed by atoms with Gasteiger partial charge in [-0.2, -0.15) is 0 Å². The summed E-state index contributed by atoms with van der Waals surface area (Å²) in [5, 5.41) is 0. The average Bonchev–Trinajstić information content (AvgIpc) is 2.41. The van der Waals surface area contributed by atoms with Crippen LogP contribution in [0.2, 0.25) is 0 Å². The third kappa shape index (κ3) is 6.25. The fourth-order valence-corrected chi connectivity index (χ4v) is 2.39. The number of rotatable bonds is 8. The largest absolute Gasteiger partial charge is 0.0952 e. The van der Waals surface area contributed by atoms with Crippen molar-refractivity contribution in [2.75, 3.05) is 0 Å². The molecule has 0 fully saturated rings. The minimum Gasteiger partial charge on any atom is -0.0952 e. The Morgan fingerprint density at radius 1 is 1.20 bits per heavy atom. The highest BCUT2D eigenvalue weighted by molar-refractivity contribution is 14.1. The van der Waals surface area contributed by atoms with Gasteiger partial charge in [-0.1, -0.05) is 58.6 Å². The van der Waals surface area contributed by atoms with Gasteiger partial charge < -0.3 is 0 Å². The van der Waals surface area contributed by atoms with E-state index in [0.717, 1.165) is 30.4 Å². The summed E-state index contributed by atoms with van der Waals surface area (Å²) in [5.41, 5.74) is 3.64. The summed E-state index contributed by atoms with van der Waals surface area (Å²) in [7, 11) is 0. The minimum absolute atomic E-state index is 0.0692. The lowest BCUT2D eigenvalue weighted by Crippen LogP contribution is -2.16. The molecule has 0 rings (SSSR count). The van der Waals surface area contributed by atoms with Crippen LogP contribution in [0.4, 0.5) is 0 Å². The molecule has 112 valence electrons. The molecule has 1 heteroatoms. The van der Waals surface area contributed by atoms with Gasteiger partial charge >= 0.3 is 0 Å². The average molecular weight is 384 g/mol. The van der Waals surface area contributed by atoms with E-state index in [9.17, 15) is 0 Å². The van der Waals surface area contributed by atoms with Gasteiger partial charge in [0, 0.05) is 3.58 Å². The lowest BCUT2D eigenvalue weighted by molar-refractivity contribution is 0.460. The first kappa shape index (κ1) is 19.4. The summed E-state index contributed by atoms with van der Waals surface area (Å²) in [6.45, 7) is 19.4. The van der Waals surface area contributed by atoms with Crippen LogP contribution in [-0.2, 0) is 0 Å². The van der Waals surface area contributed by atoms with Crippen molar-refractivity contribution in [2.24, 2.45) is 5.41 Å². The number of hydrogen-bond acceptors (Lipinski definition) is 0. The van der Waals surface area contributed by atoms with E-state index < -0.39 is 0 Å². The summed E-state index contributed by atoms with van der Waals surface area (Å²) < 4.78 is 1.25. The smallest absolute Gasteiger partial charge is 0.00903 e. The molecule has 0 aromatic heterocycles. The summed E-state index contributed by atoms with van der Waals surface area (Å²) in [6, 6.07) is 0. The van der Waals surface area contributed by atoms with Crippen LogP contribution in [0.5, 0.6) is 0 Å². The van der Waals surface area contributed by atoms with Crippen LogP contribution in [0.25, 0.3) is 0 Å². The van der Waals surface area contributed by atoms with Gasteiger partial charge in [0.15, 0.2) is 0 Å². The highest BCUT2D eigenvalue weighted by Gasteiger charge is 2.25. The SMILES string of the molecule is C=C(CCC)C(=C)/C(=C\C(I)=C/C)C(C)(C)C/C=C/C. The Kier molecular flexibility index (Phi) is 9.11. The van der Waals surface area contributed by atoms with Gasteiger partial charge in [0.1, 0.15) is 0 Å². The fraction of sp³-hybridized carbons (Fsp3) is 0.474. The predicted octanol–water partition coefficient (Wildman–Crippen LogP) is 7.16. The van der Waals surface area contributed by atoms with Crippen LogP contribution in [0.15, 0.2) is 57.8 Å². The molecular formula is C19H29I. The molecule has 20 heavy (non-hydrogen) atoms. The van der Waals surface area contributed by atoms with Gasteiger partial charge in [0.2, 0.25) is 0 Å². The van der Waals surface area contributed by atoms with Crippen LogP contribution in [0, 0.1) is 5.41 Å². The fourth-order valence-electron chi connectivity index (χ4n) is 2.08. The Morgan fingerprint density at radius 3 is 2.25 bits per heavy atom. The Hall–Kier alpha value is -0.570. The van der Waals surface area contributed by atoms with Crippen molar-refractivity contribution in [3.63, 3.8) is 0 Å². The van der Waals surface area contributed by atoms with Gasteiger partial charge in [-0.3, -0.25) is 0 Å². The molecule has 0 spiro atoms. The van der Waals surface area contributed by atoms with E-state index in [2.05, 4.69) is 94.7 Å². The lowest BCUT2D eigenvalue weighted by Gasteiger charge is -2.29. The van der Waals surface area contributed by atoms with Crippen molar-refractivity contribution in [2.45, 2.75) is 53.9 Å². The van der Waals surface area contributed by atoms with E-state index >= 15 is 0 Å². The van der Waals surface area contributed by atoms with Crippen LogP contribution in [0.1, 0.15) is 53.9 Å². The standard InChI is InChI=1S/C19H29I/c1-8-11-13-19(6,7)18(14-17(20)10-3)16(5)15(4)12-9-2/h8,10-11,14H,4-5,9,12-13H2,1-3,6-7H3/b11-8+,17-10+,18-14+. The Balaban J connectivity index is 5.56. The zero-order valence-corrected chi connectivity index (χ0v) is 15.9. The van der Waals surface area contributed by atoms with Crippen LogP contribution < -0.4 is 0 Å². The third-order valence-electron chi connectivity index (χ3n) is 3.45. The maximum absolute atomic E-state index is 4.31.